The van der Waals surface area contributed by atoms with Crippen LogP contribution in [0.5, 0.6) is 0 Å². The molecule has 0 aliphatic heterocycles. The number of aliphatic hydroxyl groups is 1. The van der Waals surface area contributed by atoms with Gasteiger partial charge in [0.1, 0.15) is 0 Å². The molecule has 2 aromatic rings. The van der Waals surface area contributed by atoms with E-state index in [2.05, 4.69) is 4.72 Å². The first-order chi connectivity index (χ1) is 11.0. The third-order valence-electron chi connectivity index (χ3n) is 3.42. The van der Waals surface area contributed by atoms with Crippen LogP contribution in [0.2, 0.25) is 0 Å². The molecule has 2 N–H and O–H groups in total. The van der Waals surface area contributed by atoms with Crippen LogP contribution >= 0.6 is 0 Å². The highest BCUT2D eigenvalue weighted by Gasteiger charge is 2.13. The summed E-state index contributed by atoms with van der Waals surface area (Å²) < 4.78 is 26.8. The minimum Gasteiger partial charge on any atom is -0.396 e. The van der Waals surface area contributed by atoms with Crippen LogP contribution in [0.1, 0.15) is 16.7 Å². The van der Waals surface area contributed by atoms with Crippen molar-refractivity contribution in [1.29, 1.82) is 5.26 Å². The fourth-order valence-electron chi connectivity index (χ4n) is 2.12. The van der Waals surface area contributed by atoms with Crippen molar-refractivity contribution in [3.63, 3.8) is 0 Å². The number of hydrogen-bond acceptors (Lipinski definition) is 4. The van der Waals surface area contributed by atoms with Crippen molar-refractivity contribution < 1.29 is 13.5 Å². The Morgan fingerprint density at radius 2 is 1.52 bits per heavy atom. The second-order valence-corrected chi connectivity index (χ2v) is 6.84. The number of rotatable bonds is 7. The maximum absolute atomic E-state index is 12.1. The first-order valence-electron chi connectivity index (χ1n) is 7.23. The van der Waals surface area contributed by atoms with Gasteiger partial charge in [-0.1, -0.05) is 24.3 Å². The van der Waals surface area contributed by atoms with Crippen molar-refractivity contribution in [2.75, 3.05) is 13.2 Å². The molecule has 0 aromatic heterocycles. The molecule has 23 heavy (non-hydrogen) atoms. The lowest BCUT2D eigenvalue weighted by Crippen LogP contribution is -2.26. The molecular weight excluding hydrogens is 312 g/mol. The number of hydrogen-bond donors (Lipinski definition) is 2. The molecule has 0 aliphatic rings. The highest BCUT2D eigenvalue weighted by Crippen LogP contribution is 2.10. The number of sulfonamides is 1. The Labute approximate surface area is 136 Å². The summed E-state index contributed by atoms with van der Waals surface area (Å²) in [5, 5.41) is 17.6. The fourth-order valence-corrected chi connectivity index (χ4v) is 3.16. The molecule has 0 fully saturated rings. The summed E-state index contributed by atoms with van der Waals surface area (Å²) >= 11 is 0. The molecule has 0 radical (unpaired) electrons. The maximum Gasteiger partial charge on any atom is 0.240 e. The topological polar surface area (TPSA) is 90.2 Å². The van der Waals surface area contributed by atoms with Gasteiger partial charge in [-0.05, 0) is 48.2 Å². The van der Waals surface area contributed by atoms with E-state index in [1.165, 1.54) is 24.3 Å². The van der Waals surface area contributed by atoms with Crippen molar-refractivity contribution in [3.05, 3.63) is 65.2 Å². The Bertz CT molecular complexity index is 776. The molecule has 0 saturated carbocycles. The summed E-state index contributed by atoms with van der Waals surface area (Å²) in [5.41, 5.74) is 2.50. The van der Waals surface area contributed by atoms with E-state index >= 15 is 0 Å². The summed E-state index contributed by atoms with van der Waals surface area (Å²) in [6.07, 6.45) is 1.19. The highest BCUT2D eigenvalue weighted by molar-refractivity contribution is 7.89. The summed E-state index contributed by atoms with van der Waals surface area (Å²) in [6, 6.07) is 15.5. The maximum atomic E-state index is 12.1. The first-order valence-corrected chi connectivity index (χ1v) is 8.72. The number of nitriles is 1. The molecule has 0 amide bonds. The van der Waals surface area contributed by atoms with Crippen molar-refractivity contribution in [1.82, 2.24) is 4.72 Å². The van der Waals surface area contributed by atoms with Crippen molar-refractivity contribution in [3.8, 4) is 6.07 Å². The van der Waals surface area contributed by atoms with Crippen LogP contribution in [0.4, 0.5) is 0 Å². The van der Waals surface area contributed by atoms with Crippen LogP contribution in [0.3, 0.4) is 0 Å². The SMILES string of the molecule is N#Cc1ccc(S(=O)(=O)NCCc2ccc(CCO)cc2)cc1. The van der Waals surface area contributed by atoms with E-state index < -0.39 is 10.0 Å². The average Bonchev–Trinajstić information content (AvgIpc) is 2.57. The van der Waals surface area contributed by atoms with Crippen LogP contribution in [-0.4, -0.2) is 26.7 Å². The minimum atomic E-state index is -3.56. The molecule has 2 rings (SSSR count). The third kappa shape index (κ3) is 4.89. The lowest BCUT2D eigenvalue weighted by atomic mass is 10.1. The van der Waals surface area contributed by atoms with Gasteiger partial charge in [0.15, 0.2) is 0 Å². The van der Waals surface area contributed by atoms with Crippen molar-refractivity contribution >= 4 is 10.0 Å². The number of aliphatic hydroxyl groups excluding tert-OH is 1. The lowest BCUT2D eigenvalue weighted by Gasteiger charge is -2.07. The highest BCUT2D eigenvalue weighted by atomic mass is 32.2. The summed E-state index contributed by atoms with van der Waals surface area (Å²) in [4.78, 5) is 0.148. The van der Waals surface area contributed by atoms with Gasteiger partial charge in [0.25, 0.3) is 0 Å². The van der Waals surface area contributed by atoms with E-state index in [4.69, 9.17) is 10.4 Å². The molecule has 0 unspecified atom stereocenters. The van der Waals surface area contributed by atoms with Crippen LogP contribution < -0.4 is 4.72 Å². The Hall–Kier alpha value is -2.20. The minimum absolute atomic E-state index is 0.115. The Morgan fingerprint density at radius 1 is 0.957 bits per heavy atom. The molecule has 0 atom stereocenters. The number of benzene rings is 2. The zero-order valence-corrected chi connectivity index (χ0v) is 13.4. The second kappa shape index (κ2) is 7.88. The zero-order valence-electron chi connectivity index (χ0n) is 12.6. The second-order valence-electron chi connectivity index (χ2n) is 5.07. The molecule has 0 bridgehead atoms. The van der Waals surface area contributed by atoms with Crippen molar-refractivity contribution in [2.24, 2.45) is 0 Å². The van der Waals surface area contributed by atoms with Crippen LogP contribution in [0.15, 0.2) is 53.4 Å². The number of nitrogens with one attached hydrogen (secondary N) is 1. The van der Waals surface area contributed by atoms with Crippen LogP contribution in [0, 0.1) is 11.3 Å². The number of nitrogens with zero attached hydrogens (tertiary/aromatic N) is 1. The normalized spacial score (nSPS) is 11.1. The molecule has 2 aromatic carbocycles. The van der Waals surface area contributed by atoms with Gasteiger partial charge in [-0.2, -0.15) is 5.26 Å². The predicted octanol–water partition coefficient (Wildman–Crippen LogP) is 1.61. The van der Waals surface area contributed by atoms with Gasteiger partial charge in [-0.25, -0.2) is 13.1 Å². The van der Waals surface area contributed by atoms with Gasteiger partial charge in [0, 0.05) is 13.2 Å². The van der Waals surface area contributed by atoms with E-state index in [1.54, 1.807) is 0 Å². The molecule has 0 heterocycles. The summed E-state index contributed by atoms with van der Waals surface area (Å²) in [7, 11) is -3.56. The molecule has 0 aliphatic carbocycles. The van der Waals surface area contributed by atoms with E-state index in [1.807, 2.05) is 30.3 Å². The Kier molecular flexibility index (Phi) is 5.88. The van der Waals surface area contributed by atoms with Gasteiger partial charge in [0.05, 0.1) is 16.5 Å². The van der Waals surface area contributed by atoms with E-state index in [-0.39, 0.29) is 11.5 Å². The Balaban J connectivity index is 1.92. The smallest absolute Gasteiger partial charge is 0.240 e. The standard InChI is InChI=1S/C17H18N2O3S/c18-13-16-5-7-17(8-6-16)23(21,22)19-11-9-14-1-3-15(4-2-14)10-12-20/h1-8,19-20H,9-12H2. The molecule has 0 saturated heterocycles. The van der Waals surface area contributed by atoms with Crippen LogP contribution in [0.25, 0.3) is 0 Å². The Morgan fingerprint density at radius 3 is 2.04 bits per heavy atom. The summed E-state index contributed by atoms with van der Waals surface area (Å²) in [5.74, 6) is 0. The fraction of sp³-hybridized carbons (Fsp3) is 0.235. The zero-order chi connectivity index (χ0) is 16.7. The first kappa shape index (κ1) is 17.2. The van der Waals surface area contributed by atoms with Gasteiger partial charge >= 0.3 is 0 Å². The lowest BCUT2D eigenvalue weighted by molar-refractivity contribution is 0.299. The van der Waals surface area contributed by atoms with Gasteiger partial charge in [0.2, 0.25) is 10.0 Å². The molecule has 120 valence electrons. The van der Waals surface area contributed by atoms with Gasteiger partial charge in [-0.15, -0.1) is 0 Å². The van der Waals surface area contributed by atoms with Crippen molar-refractivity contribution in [2.45, 2.75) is 17.7 Å². The third-order valence-corrected chi connectivity index (χ3v) is 4.90. The molecule has 5 nitrogen and oxygen atoms in total. The average molecular weight is 330 g/mol. The largest absolute Gasteiger partial charge is 0.396 e. The van der Waals surface area contributed by atoms with E-state index in [9.17, 15) is 8.42 Å². The predicted molar refractivity (Wildman–Crippen MR) is 87.3 cm³/mol. The monoisotopic (exact) mass is 330 g/mol. The van der Waals surface area contributed by atoms with Crippen LogP contribution in [-0.2, 0) is 22.9 Å². The molecule has 6 heteroatoms. The summed E-state index contributed by atoms with van der Waals surface area (Å²) in [6.45, 7) is 0.408. The molecule has 0 spiro atoms. The quantitative estimate of drug-likeness (QED) is 0.807. The molecular formula is C17H18N2O3S. The van der Waals surface area contributed by atoms with E-state index in [0.717, 1.165) is 11.1 Å². The van der Waals surface area contributed by atoms with Gasteiger partial charge < -0.3 is 5.11 Å². The van der Waals surface area contributed by atoms with Gasteiger partial charge in [-0.3, -0.25) is 0 Å². The van der Waals surface area contributed by atoms with E-state index in [0.29, 0.717) is 24.9 Å².